The lowest BCUT2D eigenvalue weighted by molar-refractivity contribution is -0.110. The summed E-state index contributed by atoms with van der Waals surface area (Å²) in [6.45, 7) is 4.13. The molecule has 0 fully saturated rings. The van der Waals surface area contributed by atoms with Crippen molar-refractivity contribution >= 4 is 28.7 Å². The van der Waals surface area contributed by atoms with Crippen molar-refractivity contribution in [2.24, 2.45) is 0 Å². The number of hydrogen-bond acceptors (Lipinski definition) is 3. The van der Waals surface area contributed by atoms with E-state index in [0.29, 0.717) is 5.57 Å². The smallest absolute Gasteiger partial charge is 0.257 e. The van der Waals surface area contributed by atoms with Crippen LogP contribution in [0.15, 0.2) is 60.9 Å². The van der Waals surface area contributed by atoms with Gasteiger partial charge in [-0.3, -0.25) is 9.89 Å². The second kappa shape index (κ2) is 5.94. The number of rotatable bonds is 3. The minimum absolute atomic E-state index is 0.101. The molecule has 0 radical (unpaired) electrons. The van der Waals surface area contributed by atoms with Crippen molar-refractivity contribution in [3.05, 3.63) is 77.6 Å². The van der Waals surface area contributed by atoms with E-state index < -0.39 is 0 Å². The average Bonchev–Trinajstić information content (AvgIpc) is 3.21. The quantitative estimate of drug-likeness (QED) is 0.709. The molecule has 1 amide bonds. The Morgan fingerprint density at radius 2 is 1.92 bits per heavy atom. The zero-order valence-corrected chi connectivity index (χ0v) is 14.1. The van der Waals surface area contributed by atoms with Gasteiger partial charge in [-0.05, 0) is 31.5 Å². The van der Waals surface area contributed by atoms with E-state index in [4.69, 9.17) is 0 Å². The molecule has 0 unspecified atom stereocenters. The summed E-state index contributed by atoms with van der Waals surface area (Å²) >= 11 is 0. The maximum Gasteiger partial charge on any atom is 0.257 e. The lowest BCUT2D eigenvalue weighted by Gasteiger charge is -2.22. The van der Waals surface area contributed by atoms with E-state index in [9.17, 15) is 4.79 Å². The first-order valence-electron chi connectivity index (χ1n) is 8.12. The SMILES string of the molecule is Cc1ccc(N(C=C2C(=O)Nc3ccccc32)c2ccn[nH]2)c(C)c1. The molecule has 3 aromatic rings. The number of aromatic nitrogens is 2. The number of carbonyl (C=O) groups excluding carboxylic acids is 1. The van der Waals surface area contributed by atoms with Crippen LogP contribution in [-0.4, -0.2) is 16.1 Å². The number of nitrogens with one attached hydrogen (secondary N) is 2. The summed E-state index contributed by atoms with van der Waals surface area (Å²) in [5.74, 6) is 0.701. The van der Waals surface area contributed by atoms with Crippen LogP contribution in [0.1, 0.15) is 16.7 Å². The third-order valence-corrected chi connectivity index (χ3v) is 4.33. The summed E-state index contributed by atoms with van der Waals surface area (Å²) in [5.41, 5.74) is 5.69. The molecule has 0 saturated heterocycles. The van der Waals surface area contributed by atoms with Crippen molar-refractivity contribution in [1.82, 2.24) is 10.2 Å². The molecule has 0 saturated carbocycles. The summed E-state index contributed by atoms with van der Waals surface area (Å²) in [4.78, 5) is 14.4. The van der Waals surface area contributed by atoms with Crippen molar-refractivity contribution in [1.29, 1.82) is 0 Å². The second-order valence-electron chi connectivity index (χ2n) is 6.14. The summed E-state index contributed by atoms with van der Waals surface area (Å²) in [5, 5.41) is 9.96. The topological polar surface area (TPSA) is 61.0 Å². The molecule has 1 aliphatic rings. The second-order valence-corrected chi connectivity index (χ2v) is 6.14. The average molecular weight is 330 g/mol. The fraction of sp³-hybridized carbons (Fsp3) is 0.100. The highest BCUT2D eigenvalue weighted by Crippen LogP contribution is 2.35. The Balaban J connectivity index is 1.87. The van der Waals surface area contributed by atoms with Crippen LogP contribution < -0.4 is 10.2 Å². The molecule has 5 heteroatoms. The first kappa shape index (κ1) is 15.2. The number of hydrogen-bond donors (Lipinski definition) is 2. The van der Waals surface area contributed by atoms with E-state index >= 15 is 0 Å². The molecule has 2 heterocycles. The van der Waals surface area contributed by atoms with Gasteiger partial charge in [0.2, 0.25) is 0 Å². The van der Waals surface area contributed by atoms with Gasteiger partial charge in [-0.15, -0.1) is 0 Å². The number of benzene rings is 2. The first-order valence-corrected chi connectivity index (χ1v) is 8.12. The summed E-state index contributed by atoms with van der Waals surface area (Å²) in [6.07, 6.45) is 3.57. The minimum Gasteiger partial charge on any atom is -0.321 e. The Bertz CT molecular complexity index is 973. The fourth-order valence-electron chi connectivity index (χ4n) is 3.12. The van der Waals surface area contributed by atoms with E-state index in [0.717, 1.165) is 28.3 Å². The van der Waals surface area contributed by atoms with Gasteiger partial charge in [0.05, 0.1) is 11.8 Å². The predicted octanol–water partition coefficient (Wildman–Crippen LogP) is 4.16. The highest BCUT2D eigenvalue weighted by atomic mass is 16.2. The van der Waals surface area contributed by atoms with Gasteiger partial charge in [0.25, 0.3) is 5.91 Å². The maximum absolute atomic E-state index is 12.5. The normalized spacial score (nSPS) is 14.5. The molecule has 0 atom stereocenters. The largest absolute Gasteiger partial charge is 0.321 e. The lowest BCUT2D eigenvalue weighted by Crippen LogP contribution is -2.14. The predicted molar refractivity (Wildman–Crippen MR) is 99.7 cm³/mol. The van der Waals surface area contributed by atoms with E-state index in [-0.39, 0.29) is 5.91 Å². The third-order valence-electron chi connectivity index (χ3n) is 4.33. The number of amides is 1. The molecule has 124 valence electrons. The Kier molecular flexibility index (Phi) is 3.61. The van der Waals surface area contributed by atoms with Crippen LogP contribution in [0.5, 0.6) is 0 Å². The molecule has 1 aliphatic heterocycles. The van der Waals surface area contributed by atoms with E-state index in [1.807, 2.05) is 41.4 Å². The van der Waals surface area contributed by atoms with Crippen LogP contribution in [0, 0.1) is 13.8 Å². The van der Waals surface area contributed by atoms with Crippen molar-refractivity contribution in [3.63, 3.8) is 0 Å². The third kappa shape index (κ3) is 2.70. The minimum atomic E-state index is -0.101. The summed E-state index contributed by atoms with van der Waals surface area (Å²) in [7, 11) is 0. The zero-order valence-electron chi connectivity index (χ0n) is 14.1. The van der Waals surface area contributed by atoms with Crippen LogP contribution in [-0.2, 0) is 4.79 Å². The van der Waals surface area contributed by atoms with Gasteiger partial charge in [-0.1, -0.05) is 35.9 Å². The molecule has 2 N–H and O–H groups in total. The van der Waals surface area contributed by atoms with Crippen molar-refractivity contribution < 1.29 is 4.79 Å². The van der Waals surface area contributed by atoms with E-state index in [1.54, 1.807) is 6.20 Å². The number of nitrogens with zero attached hydrogens (tertiary/aromatic N) is 2. The Morgan fingerprint density at radius 3 is 2.68 bits per heavy atom. The zero-order chi connectivity index (χ0) is 17.4. The Labute approximate surface area is 146 Å². The van der Waals surface area contributed by atoms with Gasteiger partial charge >= 0.3 is 0 Å². The molecule has 0 spiro atoms. The van der Waals surface area contributed by atoms with Gasteiger partial charge < -0.3 is 10.2 Å². The summed E-state index contributed by atoms with van der Waals surface area (Å²) in [6, 6.07) is 15.8. The van der Waals surface area contributed by atoms with Crippen molar-refractivity contribution in [2.45, 2.75) is 13.8 Å². The number of anilines is 3. The number of fused-ring (bicyclic) bond motifs is 1. The first-order chi connectivity index (χ1) is 12.1. The van der Waals surface area contributed by atoms with Crippen LogP contribution in [0.25, 0.3) is 5.57 Å². The van der Waals surface area contributed by atoms with E-state index in [1.165, 1.54) is 5.56 Å². The van der Waals surface area contributed by atoms with Gasteiger partial charge in [0.1, 0.15) is 5.82 Å². The number of aryl methyl sites for hydroxylation is 2. The van der Waals surface area contributed by atoms with Gasteiger partial charge in [0, 0.05) is 29.2 Å². The molecular weight excluding hydrogens is 312 g/mol. The molecular formula is C20H18N4O. The van der Waals surface area contributed by atoms with Crippen molar-refractivity contribution in [3.8, 4) is 0 Å². The van der Waals surface area contributed by atoms with E-state index in [2.05, 4.69) is 47.6 Å². The number of aromatic amines is 1. The molecule has 2 aromatic carbocycles. The highest BCUT2D eigenvalue weighted by Gasteiger charge is 2.25. The van der Waals surface area contributed by atoms with Crippen LogP contribution in [0.4, 0.5) is 17.2 Å². The molecule has 1 aromatic heterocycles. The van der Waals surface area contributed by atoms with Crippen LogP contribution >= 0.6 is 0 Å². The molecule has 0 aliphatic carbocycles. The fourth-order valence-corrected chi connectivity index (χ4v) is 3.12. The maximum atomic E-state index is 12.5. The Morgan fingerprint density at radius 1 is 1.08 bits per heavy atom. The molecule has 0 bridgehead atoms. The van der Waals surface area contributed by atoms with Crippen molar-refractivity contribution in [2.75, 3.05) is 10.2 Å². The monoisotopic (exact) mass is 330 g/mol. The van der Waals surface area contributed by atoms with Gasteiger partial charge in [-0.25, -0.2) is 0 Å². The van der Waals surface area contributed by atoms with Crippen LogP contribution in [0.2, 0.25) is 0 Å². The number of H-pyrrole nitrogens is 1. The molecule has 25 heavy (non-hydrogen) atoms. The van der Waals surface area contributed by atoms with Crippen LogP contribution in [0.3, 0.4) is 0 Å². The summed E-state index contributed by atoms with van der Waals surface area (Å²) < 4.78 is 0. The van der Waals surface area contributed by atoms with Gasteiger partial charge in [-0.2, -0.15) is 5.10 Å². The standard InChI is InChI=1S/C20H18N4O/c1-13-7-8-18(14(2)11-13)24(19-9-10-21-23-19)12-16-15-5-3-4-6-17(15)22-20(16)25/h3-12H,1-2H3,(H,21,23)(H,22,25). The van der Waals surface area contributed by atoms with Gasteiger partial charge in [0.15, 0.2) is 0 Å². The number of para-hydroxylation sites is 1. The Hall–Kier alpha value is -3.34. The number of carbonyl (C=O) groups is 1. The lowest BCUT2D eigenvalue weighted by atomic mass is 10.1. The highest BCUT2D eigenvalue weighted by molar-refractivity contribution is 6.31. The molecule has 5 nitrogen and oxygen atoms in total. The molecule has 4 rings (SSSR count).